The summed E-state index contributed by atoms with van der Waals surface area (Å²) in [4.78, 5) is 19.1. The van der Waals surface area contributed by atoms with Gasteiger partial charge in [-0.2, -0.15) is 0 Å². The van der Waals surface area contributed by atoms with E-state index in [4.69, 9.17) is 0 Å². The van der Waals surface area contributed by atoms with Crippen molar-refractivity contribution in [1.29, 1.82) is 0 Å². The molecule has 5 nitrogen and oxygen atoms in total. The van der Waals surface area contributed by atoms with Crippen molar-refractivity contribution < 1.29 is 4.79 Å². The van der Waals surface area contributed by atoms with Gasteiger partial charge < -0.3 is 15.5 Å². The van der Waals surface area contributed by atoms with E-state index in [0.29, 0.717) is 18.4 Å². The first kappa shape index (κ1) is 14.5. The van der Waals surface area contributed by atoms with E-state index < -0.39 is 0 Å². The maximum atomic E-state index is 11.9. The normalized spacial score (nSPS) is 25.4. The molecule has 1 aromatic rings. The Morgan fingerprint density at radius 1 is 1.27 bits per heavy atom. The van der Waals surface area contributed by atoms with Crippen LogP contribution in [0.2, 0.25) is 0 Å². The highest BCUT2D eigenvalue weighted by Gasteiger charge is 2.34. The van der Waals surface area contributed by atoms with E-state index in [2.05, 4.69) is 25.9 Å². The van der Waals surface area contributed by atoms with Crippen molar-refractivity contribution in [1.82, 2.24) is 20.5 Å². The van der Waals surface area contributed by atoms with Crippen LogP contribution in [0.5, 0.6) is 0 Å². The summed E-state index contributed by atoms with van der Waals surface area (Å²) < 4.78 is 0. The molecule has 0 radical (unpaired) electrons. The van der Waals surface area contributed by atoms with Crippen LogP contribution in [0.4, 0.5) is 4.79 Å². The number of amides is 2. The molecule has 0 bridgehead atoms. The zero-order chi connectivity index (χ0) is 14.9. The first-order chi connectivity index (χ1) is 10.8. The summed E-state index contributed by atoms with van der Waals surface area (Å²) in [7, 11) is 0. The third-order valence-electron chi connectivity index (χ3n) is 4.86. The molecule has 0 spiro atoms. The van der Waals surface area contributed by atoms with Crippen LogP contribution in [0.3, 0.4) is 0 Å². The van der Waals surface area contributed by atoms with Gasteiger partial charge in [0, 0.05) is 30.4 Å². The van der Waals surface area contributed by atoms with Crippen LogP contribution in [0.25, 0.3) is 0 Å². The largest absolute Gasteiger partial charge is 0.338 e. The van der Waals surface area contributed by atoms with Crippen molar-refractivity contribution in [2.75, 3.05) is 19.6 Å². The molecule has 2 heterocycles. The Bertz CT molecular complexity index is 538. The summed E-state index contributed by atoms with van der Waals surface area (Å²) in [6.45, 7) is 3.69. The molecular formula is C16H24N4OS. The van der Waals surface area contributed by atoms with Gasteiger partial charge in [-0.05, 0) is 44.6 Å². The molecule has 1 saturated heterocycles. The molecule has 120 valence electrons. The number of thiazole rings is 1. The average molecular weight is 320 g/mol. The number of aromatic nitrogens is 1. The summed E-state index contributed by atoms with van der Waals surface area (Å²) in [6.07, 6.45) is 6.52. The fraction of sp³-hybridized carbons (Fsp3) is 0.750. The van der Waals surface area contributed by atoms with Crippen LogP contribution >= 0.6 is 11.3 Å². The molecule has 1 atom stereocenters. The van der Waals surface area contributed by atoms with Crippen LogP contribution in [0.15, 0.2) is 5.38 Å². The summed E-state index contributed by atoms with van der Waals surface area (Å²) in [6, 6.07) is 0.787. The van der Waals surface area contributed by atoms with E-state index in [1.54, 1.807) is 11.3 Å². The Morgan fingerprint density at radius 3 is 2.91 bits per heavy atom. The van der Waals surface area contributed by atoms with E-state index in [-0.39, 0.29) is 6.03 Å². The highest BCUT2D eigenvalue weighted by atomic mass is 32.1. The van der Waals surface area contributed by atoms with Gasteiger partial charge >= 0.3 is 6.03 Å². The molecular weight excluding hydrogens is 296 g/mol. The molecule has 3 fully saturated rings. The van der Waals surface area contributed by atoms with Gasteiger partial charge in [0.2, 0.25) is 0 Å². The van der Waals surface area contributed by atoms with Gasteiger partial charge in [0.1, 0.15) is 0 Å². The van der Waals surface area contributed by atoms with Crippen molar-refractivity contribution in [3.05, 3.63) is 16.1 Å². The number of rotatable bonds is 6. The lowest BCUT2D eigenvalue weighted by Gasteiger charge is -2.15. The second-order valence-corrected chi connectivity index (χ2v) is 7.79. The van der Waals surface area contributed by atoms with Crippen LogP contribution in [-0.4, -0.2) is 41.6 Å². The van der Waals surface area contributed by atoms with Crippen molar-refractivity contribution in [3.63, 3.8) is 0 Å². The molecule has 3 aliphatic rings. The number of nitrogens with one attached hydrogen (secondary N) is 2. The zero-order valence-electron chi connectivity index (χ0n) is 12.9. The smallest absolute Gasteiger partial charge is 0.315 e. The number of nitrogens with zero attached hydrogens (tertiary/aromatic N) is 2. The van der Waals surface area contributed by atoms with E-state index in [0.717, 1.165) is 24.8 Å². The minimum absolute atomic E-state index is 0.0640. The standard InChI is InChI=1S/C16H24N4OS/c21-16(17-7-11-5-6-20(9-11)14-3-4-14)18-8-13-10-22-15(19-13)12-1-2-12/h10-12,14H,1-9H2,(H2,17,18,21)/t11-/m0/s1. The topological polar surface area (TPSA) is 57.3 Å². The number of urea groups is 1. The molecule has 0 aromatic carbocycles. The monoisotopic (exact) mass is 320 g/mol. The van der Waals surface area contributed by atoms with Crippen LogP contribution in [-0.2, 0) is 6.54 Å². The molecule has 2 amide bonds. The Kier molecular flexibility index (Phi) is 4.05. The molecule has 1 aliphatic heterocycles. The van der Waals surface area contributed by atoms with E-state index in [9.17, 15) is 4.79 Å². The van der Waals surface area contributed by atoms with Gasteiger partial charge in [0.05, 0.1) is 17.2 Å². The minimum atomic E-state index is -0.0640. The lowest BCUT2D eigenvalue weighted by atomic mass is 10.1. The third-order valence-corrected chi connectivity index (χ3v) is 5.91. The first-order valence-corrected chi connectivity index (χ1v) is 9.36. The Morgan fingerprint density at radius 2 is 2.14 bits per heavy atom. The average Bonchev–Trinajstić information content (AvgIpc) is 3.46. The molecule has 4 rings (SSSR count). The van der Waals surface area contributed by atoms with Gasteiger partial charge in [-0.3, -0.25) is 0 Å². The number of carbonyl (C=O) groups excluding carboxylic acids is 1. The summed E-state index contributed by atoms with van der Waals surface area (Å²) in [5, 5.41) is 9.25. The van der Waals surface area contributed by atoms with Gasteiger partial charge in [0.15, 0.2) is 0 Å². The van der Waals surface area contributed by atoms with Crippen LogP contribution in [0.1, 0.15) is 48.7 Å². The lowest BCUT2D eigenvalue weighted by Crippen LogP contribution is -2.38. The lowest BCUT2D eigenvalue weighted by molar-refractivity contribution is 0.238. The highest BCUT2D eigenvalue weighted by Crippen LogP contribution is 2.41. The SMILES string of the molecule is O=C(NCc1csc(C2CC2)n1)NC[C@@H]1CCN(C2CC2)C1. The number of hydrogen-bond acceptors (Lipinski definition) is 4. The van der Waals surface area contributed by atoms with Crippen molar-refractivity contribution in [3.8, 4) is 0 Å². The summed E-state index contributed by atoms with van der Waals surface area (Å²) >= 11 is 1.73. The quantitative estimate of drug-likeness (QED) is 0.845. The van der Waals surface area contributed by atoms with Crippen molar-refractivity contribution in [2.24, 2.45) is 5.92 Å². The third kappa shape index (κ3) is 3.60. The van der Waals surface area contributed by atoms with Gasteiger partial charge in [-0.25, -0.2) is 9.78 Å². The van der Waals surface area contributed by atoms with E-state index >= 15 is 0 Å². The zero-order valence-corrected chi connectivity index (χ0v) is 13.7. The van der Waals surface area contributed by atoms with Gasteiger partial charge in [-0.1, -0.05) is 0 Å². The second-order valence-electron chi connectivity index (χ2n) is 6.90. The van der Waals surface area contributed by atoms with Crippen LogP contribution in [0, 0.1) is 5.92 Å². The molecule has 2 aliphatic carbocycles. The number of carbonyl (C=O) groups is 1. The fourth-order valence-electron chi connectivity index (χ4n) is 3.19. The summed E-state index contributed by atoms with van der Waals surface area (Å²) in [5.41, 5.74) is 0.989. The van der Waals surface area contributed by atoms with E-state index in [1.165, 1.54) is 43.7 Å². The highest BCUT2D eigenvalue weighted by molar-refractivity contribution is 7.09. The molecule has 6 heteroatoms. The Balaban J connectivity index is 1.15. The number of likely N-dealkylation sites (tertiary alicyclic amines) is 1. The van der Waals surface area contributed by atoms with Crippen molar-refractivity contribution in [2.45, 2.75) is 50.6 Å². The predicted octanol–water partition coefficient (Wildman–Crippen LogP) is 2.30. The molecule has 2 N–H and O–H groups in total. The van der Waals surface area contributed by atoms with Gasteiger partial charge in [-0.15, -0.1) is 11.3 Å². The predicted molar refractivity (Wildman–Crippen MR) is 87.0 cm³/mol. The fourth-order valence-corrected chi connectivity index (χ4v) is 4.18. The van der Waals surface area contributed by atoms with Crippen LogP contribution < -0.4 is 10.6 Å². The molecule has 1 aromatic heterocycles. The van der Waals surface area contributed by atoms with E-state index in [1.807, 2.05) is 0 Å². The summed E-state index contributed by atoms with van der Waals surface area (Å²) in [5.74, 6) is 1.32. The molecule has 2 saturated carbocycles. The maximum absolute atomic E-state index is 11.9. The molecule has 0 unspecified atom stereocenters. The number of hydrogen-bond donors (Lipinski definition) is 2. The Labute approximate surface area is 135 Å². The molecule has 22 heavy (non-hydrogen) atoms. The first-order valence-electron chi connectivity index (χ1n) is 8.48. The van der Waals surface area contributed by atoms with Crippen molar-refractivity contribution >= 4 is 17.4 Å². The Hall–Kier alpha value is -1.14. The van der Waals surface area contributed by atoms with Gasteiger partial charge in [0.25, 0.3) is 0 Å². The minimum Gasteiger partial charge on any atom is -0.338 e. The second kappa shape index (κ2) is 6.16. The maximum Gasteiger partial charge on any atom is 0.315 e.